The molecule has 0 amide bonds. The third kappa shape index (κ3) is 2.63. The molecule has 0 aliphatic heterocycles. The van der Waals surface area contributed by atoms with Crippen LogP contribution in [0.1, 0.15) is 5.56 Å². The molecule has 82 valence electrons. The van der Waals surface area contributed by atoms with Gasteiger partial charge in [-0.3, -0.25) is 0 Å². The second kappa shape index (κ2) is 4.69. The first-order valence-corrected chi connectivity index (χ1v) is 5.88. The van der Waals surface area contributed by atoms with Gasteiger partial charge < -0.3 is 10.5 Å². The summed E-state index contributed by atoms with van der Waals surface area (Å²) in [5.41, 5.74) is 7.33. The normalized spacial score (nSPS) is 10.1. The van der Waals surface area contributed by atoms with Crippen molar-refractivity contribution >= 4 is 28.3 Å². The van der Waals surface area contributed by atoms with Crippen LogP contribution in [0, 0.1) is 10.5 Å². The zero-order chi connectivity index (χ0) is 11.5. The Morgan fingerprint density at radius 3 is 2.56 bits per heavy atom. The van der Waals surface area contributed by atoms with Crippen molar-refractivity contribution in [2.75, 3.05) is 5.73 Å². The molecule has 0 bridgehead atoms. The van der Waals surface area contributed by atoms with Crippen molar-refractivity contribution in [2.45, 2.75) is 6.92 Å². The highest BCUT2D eigenvalue weighted by atomic mass is 127. The fourth-order valence-electron chi connectivity index (χ4n) is 1.22. The molecule has 1 heterocycles. The van der Waals surface area contributed by atoms with Gasteiger partial charge in [0.15, 0.2) is 0 Å². The van der Waals surface area contributed by atoms with Crippen molar-refractivity contribution in [3.63, 3.8) is 0 Å². The Kier molecular flexibility index (Phi) is 3.28. The van der Waals surface area contributed by atoms with Gasteiger partial charge in [0.05, 0.1) is 11.9 Å². The Morgan fingerprint density at radius 1 is 1.25 bits per heavy atom. The standard InChI is InChI=1S/C12H11IN2O/c1-8-6-12(15-7-11(8)14)16-10-4-2-9(13)3-5-10/h2-7H,14H2,1H3. The Bertz CT molecular complexity index is 497. The second-order valence-corrected chi connectivity index (χ2v) is 4.68. The smallest absolute Gasteiger partial charge is 0.219 e. The van der Waals surface area contributed by atoms with Crippen LogP contribution in [0.15, 0.2) is 36.5 Å². The van der Waals surface area contributed by atoms with Crippen LogP contribution in [0.4, 0.5) is 5.69 Å². The maximum Gasteiger partial charge on any atom is 0.219 e. The number of pyridine rings is 1. The van der Waals surface area contributed by atoms with Gasteiger partial charge in [0, 0.05) is 9.64 Å². The van der Waals surface area contributed by atoms with E-state index < -0.39 is 0 Å². The largest absolute Gasteiger partial charge is 0.439 e. The Balaban J connectivity index is 2.20. The van der Waals surface area contributed by atoms with E-state index in [4.69, 9.17) is 10.5 Å². The summed E-state index contributed by atoms with van der Waals surface area (Å²) in [6.45, 7) is 1.93. The van der Waals surface area contributed by atoms with Crippen molar-refractivity contribution in [1.29, 1.82) is 0 Å². The molecule has 0 atom stereocenters. The quantitative estimate of drug-likeness (QED) is 0.861. The van der Waals surface area contributed by atoms with Crippen LogP contribution in [-0.4, -0.2) is 4.98 Å². The molecule has 3 nitrogen and oxygen atoms in total. The zero-order valence-electron chi connectivity index (χ0n) is 8.77. The number of halogens is 1. The van der Waals surface area contributed by atoms with Gasteiger partial charge in [-0.1, -0.05) is 0 Å². The molecule has 4 heteroatoms. The minimum atomic E-state index is 0.563. The maximum absolute atomic E-state index is 5.68. The number of benzene rings is 1. The lowest BCUT2D eigenvalue weighted by atomic mass is 10.2. The highest BCUT2D eigenvalue weighted by Gasteiger charge is 2.01. The van der Waals surface area contributed by atoms with Crippen molar-refractivity contribution in [3.8, 4) is 11.6 Å². The topological polar surface area (TPSA) is 48.1 Å². The summed E-state index contributed by atoms with van der Waals surface area (Å²) in [6, 6.07) is 9.62. The Morgan fingerprint density at radius 2 is 1.94 bits per heavy atom. The number of ether oxygens (including phenoxy) is 1. The van der Waals surface area contributed by atoms with Crippen LogP contribution >= 0.6 is 22.6 Å². The van der Waals surface area contributed by atoms with Gasteiger partial charge >= 0.3 is 0 Å². The molecule has 0 spiro atoms. The lowest BCUT2D eigenvalue weighted by molar-refractivity contribution is 0.462. The molecule has 2 aromatic rings. The van der Waals surface area contributed by atoms with Crippen LogP contribution in [-0.2, 0) is 0 Å². The van der Waals surface area contributed by atoms with Crippen molar-refractivity contribution in [3.05, 3.63) is 45.7 Å². The number of nitrogens with zero attached hydrogens (tertiary/aromatic N) is 1. The van der Waals surface area contributed by atoms with E-state index in [1.54, 1.807) is 6.20 Å². The second-order valence-electron chi connectivity index (χ2n) is 3.44. The van der Waals surface area contributed by atoms with Crippen LogP contribution < -0.4 is 10.5 Å². The van der Waals surface area contributed by atoms with E-state index >= 15 is 0 Å². The lowest BCUT2D eigenvalue weighted by Gasteiger charge is -2.06. The third-order valence-electron chi connectivity index (χ3n) is 2.16. The van der Waals surface area contributed by atoms with Gasteiger partial charge in [-0.15, -0.1) is 0 Å². The van der Waals surface area contributed by atoms with Crippen LogP contribution in [0.5, 0.6) is 11.6 Å². The number of anilines is 1. The van der Waals surface area contributed by atoms with E-state index in [9.17, 15) is 0 Å². The molecule has 0 aliphatic rings. The van der Waals surface area contributed by atoms with Crippen molar-refractivity contribution < 1.29 is 4.74 Å². The molecule has 0 aliphatic carbocycles. The average molecular weight is 326 g/mol. The summed E-state index contributed by atoms with van der Waals surface area (Å²) in [6.07, 6.45) is 1.61. The minimum Gasteiger partial charge on any atom is -0.439 e. The fraction of sp³-hybridized carbons (Fsp3) is 0.0833. The Labute approximate surface area is 108 Å². The predicted molar refractivity (Wildman–Crippen MR) is 72.6 cm³/mol. The van der Waals surface area contributed by atoms with Gasteiger partial charge in [0.25, 0.3) is 0 Å². The van der Waals surface area contributed by atoms with E-state index in [0.29, 0.717) is 11.6 Å². The molecule has 1 aromatic carbocycles. The summed E-state index contributed by atoms with van der Waals surface area (Å²) in [5.74, 6) is 1.34. The molecule has 0 fully saturated rings. The first-order chi connectivity index (χ1) is 7.65. The monoisotopic (exact) mass is 326 g/mol. The molecule has 1 aromatic heterocycles. The van der Waals surface area contributed by atoms with Gasteiger partial charge in [0.2, 0.25) is 5.88 Å². The number of hydrogen-bond acceptors (Lipinski definition) is 3. The van der Waals surface area contributed by atoms with Crippen LogP contribution in [0.25, 0.3) is 0 Å². The summed E-state index contributed by atoms with van der Waals surface area (Å²) >= 11 is 2.25. The first-order valence-electron chi connectivity index (χ1n) is 4.81. The van der Waals surface area contributed by atoms with Crippen LogP contribution in [0.3, 0.4) is 0 Å². The molecule has 16 heavy (non-hydrogen) atoms. The molecular weight excluding hydrogens is 315 g/mol. The zero-order valence-corrected chi connectivity index (χ0v) is 10.9. The number of hydrogen-bond donors (Lipinski definition) is 1. The molecule has 0 unspecified atom stereocenters. The molecule has 2 rings (SSSR count). The number of aryl methyl sites for hydroxylation is 1. The fourth-order valence-corrected chi connectivity index (χ4v) is 1.58. The number of aromatic nitrogens is 1. The maximum atomic E-state index is 5.68. The van der Waals surface area contributed by atoms with E-state index in [2.05, 4.69) is 27.6 Å². The highest BCUT2D eigenvalue weighted by Crippen LogP contribution is 2.22. The van der Waals surface area contributed by atoms with Crippen LogP contribution in [0.2, 0.25) is 0 Å². The number of nitrogens with two attached hydrogens (primary N) is 1. The van der Waals surface area contributed by atoms with Gasteiger partial charge in [0.1, 0.15) is 5.75 Å². The minimum absolute atomic E-state index is 0.563. The SMILES string of the molecule is Cc1cc(Oc2ccc(I)cc2)ncc1N. The van der Waals surface area contributed by atoms with E-state index in [-0.39, 0.29) is 0 Å². The van der Waals surface area contributed by atoms with Crippen molar-refractivity contribution in [2.24, 2.45) is 0 Å². The lowest BCUT2D eigenvalue weighted by Crippen LogP contribution is -1.93. The molecule has 2 N–H and O–H groups in total. The third-order valence-corrected chi connectivity index (χ3v) is 2.88. The number of rotatable bonds is 2. The summed E-state index contributed by atoms with van der Waals surface area (Å²) in [5, 5.41) is 0. The molecule has 0 saturated heterocycles. The van der Waals surface area contributed by atoms with E-state index in [1.165, 1.54) is 3.57 Å². The molecule has 0 saturated carbocycles. The van der Waals surface area contributed by atoms with Gasteiger partial charge in [-0.25, -0.2) is 4.98 Å². The summed E-state index contributed by atoms with van der Waals surface area (Å²) in [4.78, 5) is 4.11. The number of nitrogen functional groups attached to an aromatic ring is 1. The van der Waals surface area contributed by atoms with Gasteiger partial charge in [-0.2, -0.15) is 0 Å². The first kappa shape index (κ1) is 11.2. The van der Waals surface area contributed by atoms with Crippen molar-refractivity contribution in [1.82, 2.24) is 4.98 Å². The van der Waals surface area contributed by atoms with Gasteiger partial charge in [-0.05, 0) is 59.3 Å². The summed E-state index contributed by atoms with van der Waals surface area (Å²) < 4.78 is 6.77. The summed E-state index contributed by atoms with van der Waals surface area (Å²) in [7, 11) is 0. The highest BCUT2D eigenvalue weighted by molar-refractivity contribution is 14.1. The average Bonchev–Trinajstić information content (AvgIpc) is 2.27. The molecular formula is C12H11IN2O. The predicted octanol–water partition coefficient (Wildman–Crippen LogP) is 3.37. The molecule has 0 radical (unpaired) electrons. The van der Waals surface area contributed by atoms with E-state index in [0.717, 1.165) is 11.3 Å². The van der Waals surface area contributed by atoms with E-state index in [1.807, 2.05) is 37.3 Å². The Hall–Kier alpha value is -1.30.